The molecule has 8 saturated carbocycles. The molecule has 0 radical (unpaired) electrons. The summed E-state index contributed by atoms with van der Waals surface area (Å²) < 4.78 is 0. The Kier molecular flexibility index (Phi) is 0.657. The lowest BCUT2D eigenvalue weighted by atomic mass is 9.45. The summed E-state index contributed by atoms with van der Waals surface area (Å²) in [6, 6.07) is 0. The van der Waals surface area contributed by atoms with Crippen LogP contribution in [-0.4, -0.2) is 0 Å². The predicted molar refractivity (Wildman–Crippen MR) is 55.8 cm³/mol. The molecule has 0 aliphatic heterocycles. The van der Waals surface area contributed by atoms with Crippen molar-refractivity contribution in [3.8, 4) is 0 Å². The van der Waals surface area contributed by atoms with Crippen molar-refractivity contribution in [2.24, 2.45) is 64.6 Å². The first-order valence-corrected chi connectivity index (χ1v) is 7.41. The van der Waals surface area contributed by atoms with Crippen LogP contribution >= 0.6 is 0 Å². The SMILES string of the molecule is C1C2C3CC4C5C3CC36C2CC(C1C43)C56. The quantitative estimate of drug-likeness (QED) is 0.561. The fourth-order valence-electron chi connectivity index (χ4n) is 9.87. The number of hydrogen-bond acceptors (Lipinski definition) is 0. The Morgan fingerprint density at radius 3 is 2.53 bits per heavy atom. The monoisotopic (exact) mass is 198 g/mol. The summed E-state index contributed by atoms with van der Waals surface area (Å²) in [6.07, 6.45) is 6.87. The third-order valence-electron chi connectivity index (χ3n) is 9.09. The summed E-state index contributed by atoms with van der Waals surface area (Å²) in [6.45, 7) is 0. The maximum absolute atomic E-state index is 1.74. The molecule has 0 nitrogen and oxygen atoms in total. The molecule has 0 heterocycles. The van der Waals surface area contributed by atoms with E-state index < -0.39 is 0 Å². The third kappa shape index (κ3) is 0.358. The molecule has 0 saturated heterocycles. The van der Waals surface area contributed by atoms with Crippen molar-refractivity contribution in [3.05, 3.63) is 0 Å². The average Bonchev–Trinajstić information content (AvgIpc) is 2.86. The number of hydrogen-bond donors (Lipinski definition) is 0. The zero-order valence-corrected chi connectivity index (χ0v) is 9.10. The normalized spacial score (nSPS) is 91.2. The summed E-state index contributed by atoms with van der Waals surface area (Å²) >= 11 is 0. The molecule has 1 spiro atoms. The minimum absolute atomic E-state index is 1.01. The van der Waals surface area contributed by atoms with Crippen molar-refractivity contribution >= 4 is 0 Å². The van der Waals surface area contributed by atoms with Crippen molar-refractivity contribution < 1.29 is 0 Å². The Morgan fingerprint density at radius 2 is 1.53 bits per heavy atom. The second-order valence-corrected chi connectivity index (χ2v) is 8.24. The minimum Gasteiger partial charge on any atom is -0.0465 e. The van der Waals surface area contributed by atoms with Crippen LogP contribution in [0.3, 0.4) is 0 Å². The Labute approximate surface area is 90.8 Å². The molecular weight excluding hydrogens is 180 g/mol. The van der Waals surface area contributed by atoms with E-state index in [2.05, 4.69) is 0 Å². The van der Waals surface area contributed by atoms with Gasteiger partial charge in [-0.3, -0.25) is 0 Å². The van der Waals surface area contributed by atoms with Crippen molar-refractivity contribution in [3.63, 3.8) is 0 Å². The molecule has 8 fully saturated rings. The maximum atomic E-state index is 1.74. The molecule has 0 heteroatoms. The maximum Gasteiger partial charge on any atom is -0.0196 e. The lowest BCUT2D eigenvalue weighted by Gasteiger charge is -2.59. The van der Waals surface area contributed by atoms with Crippen molar-refractivity contribution in [1.82, 2.24) is 0 Å². The van der Waals surface area contributed by atoms with Crippen LogP contribution in [0.25, 0.3) is 0 Å². The lowest BCUT2D eigenvalue weighted by molar-refractivity contribution is -0.116. The van der Waals surface area contributed by atoms with Gasteiger partial charge in [0, 0.05) is 0 Å². The molecule has 8 aliphatic rings. The van der Waals surface area contributed by atoms with Crippen LogP contribution in [0, 0.1) is 64.6 Å². The first kappa shape index (κ1) is 6.67. The van der Waals surface area contributed by atoms with E-state index in [4.69, 9.17) is 0 Å². The largest absolute Gasteiger partial charge is 0.0465 e. The molecule has 10 bridgehead atoms. The molecule has 8 rings (SSSR count). The second-order valence-electron chi connectivity index (χ2n) is 8.24. The number of rotatable bonds is 0. The highest BCUT2D eigenvalue weighted by molar-refractivity contribution is 5.36. The summed E-state index contributed by atoms with van der Waals surface area (Å²) in [4.78, 5) is 0. The van der Waals surface area contributed by atoms with Gasteiger partial charge in [-0.25, -0.2) is 0 Å². The van der Waals surface area contributed by atoms with Gasteiger partial charge >= 0.3 is 0 Å². The molecule has 0 aromatic carbocycles. The van der Waals surface area contributed by atoms with Crippen molar-refractivity contribution in [1.29, 1.82) is 0 Å². The Balaban J connectivity index is 1.75. The van der Waals surface area contributed by atoms with Crippen LogP contribution in [0.2, 0.25) is 0 Å². The summed E-state index contributed by atoms with van der Waals surface area (Å²) in [7, 11) is 0. The first-order chi connectivity index (χ1) is 7.41. The highest BCUT2D eigenvalue weighted by Crippen LogP contribution is 2.94. The Bertz CT molecular complexity index is 416. The van der Waals surface area contributed by atoms with Crippen LogP contribution in [0.5, 0.6) is 0 Å². The van der Waals surface area contributed by atoms with E-state index in [1.165, 1.54) is 59.2 Å². The van der Waals surface area contributed by atoms with Gasteiger partial charge in [-0.1, -0.05) is 0 Å². The van der Waals surface area contributed by atoms with E-state index in [1.807, 2.05) is 0 Å². The predicted octanol–water partition coefficient (Wildman–Crippen LogP) is 2.79. The van der Waals surface area contributed by atoms with E-state index >= 15 is 0 Å². The van der Waals surface area contributed by atoms with Gasteiger partial charge in [-0.05, 0) is 90.3 Å². The summed E-state index contributed by atoms with van der Waals surface area (Å²) in [5, 5.41) is 0. The molecule has 78 valence electrons. The van der Waals surface area contributed by atoms with Gasteiger partial charge in [-0.15, -0.1) is 0 Å². The van der Waals surface area contributed by atoms with Gasteiger partial charge in [0.25, 0.3) is 0 Å². The fourth-order valence-corrected chi connectivity index (χ4v) is 9.87. The van der Waals surface area contributed by atoms with Gasteiger partial charge in [0.05, 0.1) is 0 Å². The topological polar surface area (TPSA) is 0 Å². The van der Waals surface area contributed by atoms with E-state index in [9.17, 15) is 0 Å². The zero-order valence-electron chi connectivity index (χ0n) is 9.10. The molecule has 15 heavy (non-hydrogen) atoms. The van der Waals surface area contributed by atoms with Gasteiger partial charge in [0.1, 0.15) is 0 Å². The Hall–Kier alpha value is 0. The van der Waals surface area contributed by atoms with E-state index in [1.54, 1.807) is 25.7 Å². The van der Waals surface area contributed by atoms with E-state index in [0.717, 1.165) is 5.41 Å². The van der Waals surface area contributed by atoms with Crippen molar-refractivity contribution in [2.45, 2.75) is 25.7 Å². The lowest BCUT2D eigenvalue weighted by Crippen LogP contribution is -2.54. The van der Waals surface area contributed by atoms with Gasteiger partial charge in [0.2, 0.25) is 0 Å². The molecule has 0 aromatic rings. The highest BCUT2D eigenvalue weighted by Gasteiger charge is 2.89. The highest BCUT2D eigenvalue weighted by atomic mass is 14.9. The first-order valence-electron chi connectivity index (χ1n) is 7.41. The zero-order chi connectivity index (χ0) is 9.10. The summed E-state index contributed by atoms with van der Waals surface area (Å²) in [5.41, 5.74) is 1.01. The van der Waals surface area contributed by atoms with Crippen LogP contribution in [0.4, 0.5) is 0 Å². The van der Waals surface area contributed by atoms with Gasteiger partial charge in [0.15, 0.2) is 0 Å². The smallest absolute Gasteiger partial charge is 0.0196 e. The molecule has 11 atom stereocenters. The van der Waals surface area contributed by atoms with Crippen LogP contribution < -0.4 is 0 Å². The van der Waals surface area contributed by atoms with E-state index in [-0.39, 0.29) is 0 Å². The van der Waals surface area contributed by atoms with Gasteiger partial charge in [-0.2, -0.15) is 0 Å². The average molecular weight is 198 g/mol. The van der Waals surface area contributed by atoms with Gasteiger partial charge < -0.3 is 0 Å². The third-order valence-corrected chi connectivity index (χ3v) is 9.09. The van der Waals surface area contributed by atoms with Crippen LogP contribution in [-0.2, 0) is 0 Å². The molecular formula is C15H18. The molecule has 8 aliphatic carbocycles. The van der Waals surface area contributed by atoms with E-state index in [0.29, 0.717) is 0 Å². The molecule has 0 amide bonds. The second kappa shape index (κ2) is 1.48. The molecule has 0 N–H and O–H groups in total. The standard InChI is InChI=1S/C15H18/c1-5-6-2-7-8-3-11(6)15-4-10(5)12(14(8)15)9(1)13(7)15/h5-14H,1-4H2. The van der Waals surface area contributed by atoms with Crippen LogP contribution in [0.15, 0.2) is 0 Å². The minimum atomic E-state index is 1.01. The fraction of sp³-hybridized carbons (Fsp3) is 1.00. The summed E-state index contributed by atoms with van der Waals surface area (Å²) in [5.74, 6) is 12.7. The molecule has 11 unspecified atom stereocenters. The van der Waals surface area contributed by atoms with Crippen LogP contribution in [0.1, 0.15) is 25.7 Å². The molecule has 0 aromatic heterocycles. The Morgan fingerprint density at radius 1 is 0.667 bits per heavy atom. The van der Waals surface area contributed by atoms with Crippen molar-refractivity contribution in [2.75, 3.05) is 0 Å².